The van der Waals surface area contributed by atoms with Crippen molar-refractivity contribution in [3.8, 4) is 22.6 Å². The van der Waals surface area contributed by atoms with E-state index < -0.39 is 18.1 Å². The SMILES string of the molecule is C=C[Si](Cc1ccccc1)Oc1ccc(-c2cccc(O[Si](C=C)Cc3ccccc3)c2)cc1. The maximum absolute atomic E-state index is 6.33. The zero-order chi connectivity index (χ0) is 23.6. The molecule has 0 spiro atoms. The van der Waals surface area contributed by atoms with Crippen molar-refractivity contribution in [1.82, 2.24) is 0 Å². The van der Waals surface area contributed by atoms with Crippen molar-refractivity contribution in [3.05, 3.63) is 145 Å². The molecule has 0 unspecified atom stereocenters. The molecule has 0 saturated heterocycles. The molecule has 0 N–H and O–H groups in total. The van der Waals surface area contributed by atoms with Gasteiger partial charge in [0.1, 0.15) is 11.5 Å². The van der Waals surface area contributed by atoms with E-state index in [2.05, 4.69) is 86.0 Å². The van der Waals surface area contributed by atoms with Gasteiger partial charge in [0.15, 0.2) is 0 Å². The van der Waals surface area contributed by atoms with Crippen LogP contribution in [-0.2, 0) is 12.1 Å². The van der Waals surface area contributed by atoms with Crippen LogP contribution < -0.4 is 8.85 Å². The number of hydrogen-bond acceptors (Lipinski definition) is 2. The Morgan fingerprint density at radius 1 is 0.529 bits per heavy atom. The van der Waals surface area contributed by atoms with E-state index in [0.29, 0.717) is 0 Å². The Morgan fingerprint density at radius 2 is 1.06 bits per heavy atom. The van der Waals surface area contributed by atoms with Crippen LogP contribution in [0, 0.1) is 0 Å². The summed E-state index contributed by atoms with van der Waals surface area (Å²) in [5.41, 5.74) is 8.72. The highest BCUT2D eigenvalue weighted by molar-refractivity contribution is 6.58. The van der Waals surface area contributed by atoms with Gasteiger partial charge in [0.25, 0.3) is 0 Å². The highest BCUT2D eigenvalue weighted by Gasteiger charge is 2.14. The molecule has 0 atom stereocenters. The van der Waals surface area contributed by atoms with Crippen molar-refractivity contribution >= 4 is 18.1 Å². The lowest BCUT2D eigenvalue weighted by atomic mass is 10.1. The summed E-state index contributed by atoms with van der Waals surface area (Å²) in [5.74, 6) is 1.75. The van der Waals surface area contributed by atoms with Crippen molar-refractivity contribution in [1.29, 1.82) is 0 Å². The van der Waals surface area contributed by atoms with E-state index in [4.69, 9.17) is 8.85 Å². The van der Waals surface area contributed by atoms with Gasteiger partial charge >= 0.3 is 18.1 Å². The molecule has 0 saturated carbocycles. The molecule has 0 aliphatic rings. The fourth-order valence-electron chi connectivity index (χ4n) is 3.65. The minimum absolute atomic E-state index is 0.876. The third-order valence-corrected chi connectivity index (χ3v) is 8.84. The lowest BCUT2D eigenvalue weighted by molar-refractivity contribution is 0.577. The predicted molar refractivity (Wildman–Crippen MR) is 145 cm³/mol. The second-order valence-corrected chi connectivity index (χ2v) is 11.7. The van der Waals surface area contributed by atoms with Gasteiger partial charge in [-0.1, -0.05) is 96.3 Å². The molecule has 0 bridgehead atoms. The minimum Gasteiger partial charge on any atom is -0.538 e. The van der Waals surface area contributed by atoms with Crippen LogP contribution in [0.3, 0.4) is 0 Å². The van der Waals surface area contributed by atoms with Gasteiger partial charge in [0, 0.05) is 12.1 Å². The lowest BCUT2D eigenvalue weighted by Gasteiger charge is -2.15. The molecule has 0 aliphatic heterocycles. The summed E-state index contributed by atoms with van der Waals surface area (Å²) < 4.78 is 12.6. The summed E-state index contributed by atoms with van der Waals surface area (Å²) in [4.78, 5) is 0. The van der Waals surface area contributed by atoms with E-state index >= 15 is 0 Å². The highest BCUT2D eigenvalue weighted by Crippen LogP contribution is 2.27. The Labute approximate surface area is 206 Å². The Morgan fingerprint density at radius 3 is 1.59 bits per heavy atom. The molecule has 168 valence electrons. The van der Waals surface area contributed by atoms with Crippen LogP contribution in [0.5, 0.6) is 11.5 Å². The maximum atomic E-state index is 6.33. The van der Waals surface area contributed by atoms with Crippen LogP contribution in [-0.4, -0.2) is 18.1 Å². The first-order valence-electron chi connectivity index (χ1n) is 11.3. The van der Waals surface area contributed by atoms with E-state index in [1.165, 1.54) is 11.1 Å². The van der Waals surface area contributed by atoms with Gasteiger partial charge in [-0.15, -0.1) is 13.2 Å². The smallest absolute Gasteiger partial charge is 0.313 e. The monoisotopic (exact) mass is 476 g/mol. The average Bonchev–Trinajstić information content (AvgIpc) is 2.89. The van der Waals surface area contributed by atoms with Crippen molar-refractivity contribution in [2.24, 2.45) is 0 Å². The zero-order valence-electron chi connectivity index (χ0n) is 19.2. The second kappa shape index (κ2) is 12.0. The Bertz CT molecular complexity index is 1190. The molecule has 34 heavy (non-hydrogen) atoms. The first kappa shape index (κ1) is 23.5. The zero-order valence-corrected chi connectivity index (χ0v) is 21.2. The second-order valence-electron chi connectivity index (χ2n) is 7.92. The van der Waals surface area contributed by atoms with E-state index in [1.54, 1.807) is 0 Å². The molecule has 4 aromatic rings. The van der Waals surface area contributed by atoms with Crippen LogP contribution in [0.4, 0.5) is 0 Å². The van der Waals surface area contributed by atoms with Crippen molar-refractivity contribution in [3.63, 3.8) is 0 Å². The summed E-state index contributed by atoms with van der Waals surface area (Å²) in [6.07, 6.45) is 0. The Balaban J connectivity index is 1.41. The van der Waals surface area contributed by atoms with Gasteiger partial charge in [-0.05, 0) is 46.5 Å². The number of rotatable bonds is 11. The van der Waals surface area contributed by atoms with Gasteiger partial charge < -0.3 is 8.85 Å². The normalized spacial score (nSPS) is 10.8. The van der Waals surface area contributed by atoms with Crippen molar-refractivity contribution in [2.75, 3.05) is 0 Å². The number of benzene rings is 4. The lowest BCUT2D eigenvalue weighted by Crippen LogP contribution is -2.23. The van der Waals surface area contributed by atoms with Crippen LogP contribution in [0.1, 0.15) is 11.1 Å². The van der Waals surface area contributed by atoms with Crippen LogP contribution >= 0.6 is 0 Å². The number of hydrogen-bond donors (Lipinski definition) is 0. The molecular formula is C30H28O2Si2. The molecule has 2 nitrogen and oxygen atoms in total. The van der Waals surface area contributed by atoms with Gasteiger partial charge in [-0.3, -0.25) is 0 Å². The summed E-state index contributed by atoms with van der Waals surface area (Å²) in [7, 11) is -2.37. The van der Waals surface area contributed by atoms with E-state index in [1.807, 2.05) is 47.8 Å². The van der Waals surface area contributed by atoms with Gasteiger partial charge in [-0.25, -0.2) is 0 Å². The summed E-state index contributed by atoms with van der Waals surface area (Å²) in [6.45, 7) is 7.99. The molecule has 4 aromatic carbocycles. The average molecular weight is 477 g/mol. The quantitative estimate of drug-likeness (QED) is 0.215. The standard InChI is InChI=1S/C30H28O2Si2/c1-3-33(23-25-12-7-5-8-13-25)31-29-20-18-27(19-21-29)28-16-11-17-30(22-28)32-34(4-2)24-26-14-9-6-10-15-26/h3-22H,1-2,23-24H2. The Kier molecular flexibility index (Phi) is 8.33. The van der Waals surface area contributed by atoms with E-state index in [9.17, 15) is 0 Å². The topological polar surface area (TPSA) is 18.5 Å². The molecule has 4 heteroatoms. The van der Waals surface area contributed by atoms with E-state index in [-0.39, 0.29) is 0 Å². The van der Waals surface area contributed by atoms with Crippen molar-refractivity contribution < 1.29 is 8.85 Å². The molecule has 2 radical (unpaired) electrons. The molecular weight excluding hydrogens is 449 g/mol. The predicted octanol–water partition coefficient (Wildman–Crippen LogP) is 7.11. The fourth-order valence-corrected chi connectivity index (χ4v) is 6.40. The molecule has 0 fully saturated rings. The van der Waals surface area contributed by atoms with E-state index in [0.717, 1.165) is 34.7 Å². The van der Waals surface area contributed by atoms with Gasteiger partial charge in [-0.2, -0.15) is 0 Å². The maximum Gasteiger partial charge on any atom is 0.313 e. The third-order valence-electron chi connectivity index (χ3n) is 5.42. The van der Waals surface area contributed by atoms with Gasteiger partial charge in [0.05, 0.1) is 0 Å². The third kappa shape index (κ3) is 6.70. The minimum atomic E-state index is -1.20. The summed E-state index contributed by atoms with van der Waals surface area (Å²) >= 11 is 0. The van der Waals surface area contributed by atoms with Crippen LogP contribution in [0.2, 0.25) is 0 Å². The molecule has 0 aromatic heterocycles. The van der Waals surface area contributed by atoms with Gasteiger partial charge in [0.2, 0.25) is 0 Å². The molecule has 0 aliphatic carbocycles. The first-order chi connectivity index (χ1) is 16.7. The summed E-state index contributed by atoms with van der Waals surface area (Å²) in [6, 6.07) is 39.2. The van der Waals surface area contributed by atoms with Crippen molar-refractivity contribution in [2.45, 2.75) is 12.1 Å². The molecule has 0 heterocycles. The highest BCUT2D eigenvalue weighted by atomic mass is 28.3. The summed E-state index contributed by atoms with van der Waals surface area (Å²) in [5, 5.41) is 0. The largest absolute Gasteiger partial charge is 0.538 e. The molecule has 0 amide bonds. The van der Waals surface area contributed by atoms with Crippen LogP contribution in [0.25, 0.3) is 11.1 Å². The fraction of sp³-hybridized carbons (Fsp3) is 0.0667. The first-order valence-corrected chi connectivity index (χ1v) is 14.7. The molecule has 4 rings (SSSR count). The van der Waals surface area contributed by atoms with Crippen LogP contribution in [0.15, 0.2) is 134 Å². The Hall–Kier alpha value is -3.61.